The number of aryl methyl sites for hydroxylation is 1. The van der Waals surface area contributed by atoms with Gasteiger partial charge in [0.15, 0.2) is 0 Å². The average molecular weight is 328 g/mol. The quantitative estimate of drug-likeness (QED) is 0.678. The van der Waals surface area contributed by atoms with Crippen LogP contribution in [0.15, 0.2) is 36.5 Å². The highest BCUT2D eigenvalue weighted by atomic mass is 35.5. The van der Waals surface area contributed by atoms with Crippen molar-refractivity contribution in [3.8, 4) is 22.4 Å². The molecular formula is C18H15ClFN3. The van der Waals surface area contributed by atoms with E-state index < -0.39 is 0 Å². The molecule has 0 radical (unpaired) electrons. The minimum atomic E-state index is -0.277. The number of pyridine rings is 1. The number of rotatable bonds is 3. The molecule has 1 saturated carbocycles. The van der Waals surface area contributed by atoms with Gasteiger partial charge in [0.05, 0.1) is 11.9 Å². The smallest absolute Gasteiger partial charge is 0.129 e. The second-order valence-electron chi connectivity index (χ2n) is 6.00. The largest absolute Gasteiger partial charge is 0.278 e. The first-order chi connectivity index (χ1) is 11.1. The lowest BCUT2D eigenvalue weighted by Gasteiger charge is -2.11. The summed E-state index contributed by atoms with van der Waals surface area (Å²) in [5.41, 5.74) is 5.47. The summed E-state index contributed by atoms with van der Waals surface area (Å²) in [7, 11) is 0. The lowest BCUT2D eigenvalue weighted by atomic mass is 9.96. The Morgan fingerprint density at radius 3 is 2.70 bits per heavy atom. The lowest BCUT2D eigenvalue weighted by molar-refractivity contribution is 0.628. The molecule has 3 aromatic rings. The highest BCUT2D eigenvalue weighted by Gasteiger charge is 2.26. The van der Waals surface area contributed by atoms with Gasteiger partial charge in [0.1, 0.15) is 11.0 Å². The predicted octanol–water partition coefficient (Wildman–Crippen LogP) is 5.12. The molecule has 1 fully saturated rings. The van der Waals surface area contributed by atoms with E-state index in [9.17, 15) is 4.39 Å². The van der Waals surface area contributed by atoms with Crippen molar-refractivity contribution in [2.45, 2.75) is 25.7 Å². The molecule has 0 atom stereocenters. The Hall–Kier alpha value is -2.20. The molecule has 0 unspecified atom stereocenters. The van der Waals surface area contributed by atoms with Crippen molar-refractivity contribution in [2.24, 2.45) is 0 Å². The van der Waals surface area contributed by atoms with Gasteiger partial charge in [-0.2, -0.15) is 5.10 Å². The number of nitrogens with one attached hydrogen (secondary N) is 1. The molecule has 0 aliphatic heterocycles. The Balaban J connectivity index is 1.91. The lowest BCUT2D eigenvalue weighted by Crippen LogP contribution is -1.93. The van der Waals surface area contributed by atoms with Gasteiger partial charge >= 0.3 is 0 Å². The molecule has 5 heteroatoms. The number of aromatic nitrogens is 3. The van der Waals surface area contributed by atoms with Crippen LogP contribution in [0.5, 0.6) is 0 Å². The van der Waals surface area contributed by atoms with Crippen molar-refractivity contribution < 1.29 is 4.39 Å². The first-order valence-corrected chi connectivity index (χ1v) is 7.97. The van der Waals surface area contributed by atoms with Crippen molar-refractivity contribution in [3.63, 3.8) is 0 Å². The van der Waals surface area contributed by atoms with E-state index in [1.807, 2.05) is 13.0 Å². The highest BCUT2D eigenvalue weighted by Crippen LogP contribution is 2.42. The first-order valence-electron chi connectivity index (χ1n) is 7.59. The van der Waals surface area contributed by atoms with E-state index in [1.165, 1.54) is 12.1 Å². The molecule has 4 rings (SSSR count). The zero-order valence-electron chi connectivity index (χ0n) is 12.6. The molecule has 0 amide bonds. The number of hydrogen-bond acceptors (Lipinski definition) is 2. The Labute approximate surface area is 138 Å². The Kier molecular flexibility index (Phi) is 3.42. The molecule has 1 aliphatic rings. The monoisotopic (exact) mass is 327 g/mol. The average Bonchev–Trinajstić information content (AvgIpc) is 3.28. The predicted molar refractivity (Wildman–Crippen MR) is 88.9 cm³/mol. The number of H-pyrrole nitrogens is 1. The molecule has 1 N–H and O–H groups in total. The maximum absolute atomic E-state index is 13.8. The van der Waals surface area contributed by atoms with Gasteiger partial charge in [-0.3, -0.25) is 5.10 Å². The Morgan fingerprint density at radius 1 is 1.17 bits per heavy atom. The van der Waals surface area contributed by atoms with Gasteiger partial charge in [0.2, 0.25) is 0 Å². The summed E-state index contributed by atoms with van der Waals surface area (Å²) in [5, 5.41) is 7.48. The van der Waals surface area contributed by atoms with Crippen LogP contribution in [0.25, 0.3) is 22.4 Å². The summed E-state index contributed by atoms with van der Waals surface area (Å²) in [6, 6.07) is 8.67. The van der Waals surface area contributed by atoms with Gasteiger partial charge < -0.3 is 0 Å². The molecule has 23 heavy (non-hydrogen) atoms. The normalized spacial score (nSPS) is 14.2. The van der Waals surface area contributed by atoms with Crippen molar-refractivity contribution in [1.82, 2.24) is 15.2 Å². The minimum absolute atomic E-state index is 0.277. The molecular weight excluding hydrogens is 313 g/mol. The maximum Gasteiger partial charge on any atom is 0.129 e. The van der Waals surface area contributed by atoms with Gasteiger partial charge in [-0.15, -0.1) is 0 Å². The number of hydrogen-bond donors (Lipinski definition) is 1. The van der Waals surface area contributed by atoms with E-state index in [0.29, 0.717) is 11.1 Å². The summed E-state index contributed by atoms with van der Waals surface area (Å²) in [6.07, 6.45) is 4.05. The van der Waals surface area contributed by atoms with Crippen molar-refractivity contribution in [2.75, 3.05) is 0 Å². The molecule has 1 aliphatic carbocycles. The van der Waals surface area contributed by atoms with E-state index in [0.717, 1.165) is 46.5 Å². The molecule has 0 spiro atoms. The number of halogens is 2. The highest BCUT2D eigenvalue weighted by molar-refractivity contribution is 6.29. The van der Waals surface area contributed by atoms with E-state index in [4.69, 9.17) is 11.6 Å². The van der Waals surface area contributed by atoms with Crippen LogP contribution in [0, 0.1) is 12.7 Å². The Bertz CT molecular complexity index is 884. The molecule has 1 aromatic carbocycles. The summed E-state index contributed by atoms with van der Waals surface area (Å²) in [6.45, 7) is 1.95. The van der Waals surface area contributed by atoms with Crippen LogP contribution in [-0.2, 0) is 0 Å². The van der Waals surface area contributed by atoms with Crippen LogP contribution in [0.2, 0.25) is 5.15 Å². The fourth-order valence-corrected chi connectivity index (χ4v) is 3.07. The summed E-state index contributed by atoms with van der Waals surface area (Å²) in [4.78, 5) is 4.42. The zero-order chi connectivity index (χ0) is 16.0. The van der Waals surface area contributed by atoms with E-state index in [-0.39, 0.29) is 5.82 Å². The molecule has 2 aromatic heterocycles. The molecule has 3 nitrogen and oxygen atoms in total. The van der Waals surface area contributed by atoms with Crippen LogP contribution in [-0.4, -0.2) is 15.2 Å². The van der Waals surface area contributed by atoms with Crippen LogP contribution >= 0.6 is 11.6 Å². The fourth-order valence-electron chi connectivity index (χ4n) is 2.85. The maximum atomic E-state index is 13.8. The second-order valence-corrected chi connectivity index (χ2v) is 6.38. The van der Waals surface area contributed by atoms with Gasteiger partial charge in [-0.1, -0.05) is 17.7 Å². The molecule has 2 heterocycles. The molecule has 0 saturated heterocycles. The SMILES string of the molecule is Cc1cn[nH]c1-c1cc(F)ccc1-c1cc(Cl)nc(C2CC2)c1. The standard InChI is InChI=1S/C18H15ClFN3/c1-10-9-21-23-18(10)15-8-13(20)4-5-14(15)12-6-16(11-2-3-11)22-17(19)7-12/h4-9,11H,2-3H2,1H3,(H,21,23). The third kappa shape index (κ3) is 2.75. The van der Waals surface area contributed by atoms with E-state index in [2.05, 4.69) is 21.2 Å². The zero-order valence-corrected chi connectivity index (χ0v) is 13.4. The number of nitrogens with zero attached hydrogens (tertiary/aromatic N) is 2. The fraction of sp³-hybridized carbons (Fsp3) is 0.222. The number of benzene rings is 1. The van der Waals surface area contributed by atoms with Crippen LogP contribution in [0.1, 0.15) is 30.0 Å². The van der Waals surface area contributed by atoms with Crippen LogP contribution in [0.3, 0.4) is 0 Å². The minimum Gasteiger partial charge on any atom is -0.278 e. The summed E-state index contributed by atoms with van der Waals surface area (Å²) in [5.74, 6) is 0.227. The summed E-state index contributed by atoms with van der Waals surface area (Å²) < 4.78 is 13.8. The van der Waals surface area contributed by atoms with E-state index >= 15 is 0 Å². The molecule has 0 bridgehead atoms. The third-order valence-electron chi connectivity index (χ3n) is 4.20. The topological polar surface area (TPSA) is 41.6 Å². The van der Waals surface area contributed by atoms with E-state index in [1.54, 1.807) is 12.3 Å². The van der Waals surface area contributed by atoms with Gasteiger partial charge in [-0.25, -0.2) is 9.37 Å². The van der Waals surface area contributed by atoms with Gasteiger partial charge in [-0.05, 0) is 60.7 Å². The van der Waals surface area contributed by atoms with Gasteiger partial charge in [0, 0.05) is 17.2 Å². The third-order valence-corrected chi connectivity index (χ3v) is 4.39. The van der Waals surface area contributed by atoms with Crippen LogP contribution < -0.4 is 0 Å². The van der Waals surface area contributed by atoms with Crippen molar-refractivity contribution in [3.05, 3.63) is 58.8 Å². The van der Waals surface area contributed by atoms with Crippen molar-refractivity contribution >= 4 is 11.6 Å². The summed E-state index contributed by atoms with van der Waals surface area (Å²) >= 11 is 6.21. The molecule has 116 valence electrons. The second kappa shape index (κ2) is 5.46. The Morgan fingerprint density at radius 2 is 2.00 bits per heavy atom. The number of aromatic amines is 1. The van der Waals surface area contributed by atoms with Gasteiger partial charge in [0.25, 0.3) is 0 Å². The first kappa shape index (κ1) is 14.4. The van der Waals surface area contributed by atoms with Crippen molar-refractivity contribution in [1.29, 1.82) is 0 Å². The van der Waals surface area contributed by atoms with Crippen LogP contribution in [0.4, 0.5) is 4.39 Å².